The maximum atomic E-state index is 12.1. The van der Waals surface area contributed by atoms with Crippen molar-refractivity contribution in [1.29, 1.82) is 0 Å². The molecule has 2 N–H and O–H groups in total. The molecule has 2 rings (SSSR count). The summed E-state index contributed by atoms with van der Waals surface area (Å²) in [6, 6.07) is 3.70. The van der Waals surface area contributed by atoms with Crippen LogP contribution in [0.3, 0.4) is 0 Å². The molecule has 0 unspecified atom stereocenters. The number of benzene rings is 1. The molecule has 2 aromatic rings. The van der Waals surface area contributed by atoms with E-state index in [4.69, 9.17) is 4.74 Å². The van der Waals surface area contributed by atoms with Crippen LogP contribution in [0.4, 0.5) is 0 Å². The molecule has 22 heavy (non-hydrogen) atoms. The summed E-state index contributed by atoms with van der Waals surface area (Å²) in [4.78, 5) is 12.1. The molecule has 0 aliphatic heterocycles. The average Bonchev–Trinajstić information content (AvgIpc) is 2.99. The lowest BCUT2D eigenvalue weighted by atomic mass is 10.1. The van der Waals surface area contributed by atoms with Gasteiger partial charge >= 0.3 is 0 Å². The molecular weight excluding hydrogens is 282 g/mol. The fourth-order valence-corrected chi connectivity index (χ4v) is 2.40. The van der Waals surface area contributed by atoms with Crippen LogP contribution >= 0.6 is 0 Å². The number of carbonyl (C=O) groups excluding carboxylic acids is 1. The number of aromatic amines is 1. The predicted molar refractivity (Wildman–Crippen MR) is 81.9 cm³/mol. The zero-order chi connectivity index (χ0) is 15.9. The van der Waals surface area contributed by atoms with E-state index in [0.29, 0.717) is 17.9 Å². The maximum absolute atomic E-state index is 12.1. The van der Waals surface area contributed by atoms with E-state index in [2.05, 4.69) is 25.9 Å². The molecule has 1 amide bonds. The number of aryl methyl sites for hydroxylation is 3. The van der Waals surface area contributed by atoms with E-state index in [9.17, 15) is 4.79 Å². The van der Waals surface area contributed by atoms with E-state index in [0.717, 1.165) is 36.1 Å². The number of ether oxygens (including phenoxy) is 1. The largest absolute Gasteiger partial charge is 0.496 e. The van der Waals surface area contributed by atoms with E-state index in [1.807, 2.05) is 26.0 Å². The molecule has 7 heteroatoms. The lowest BCUT2D eigenvalue weighted by Gasteiger charge is -2.11. The van der Waals surface area contributed by atoms with Crippen molar-refractivity contribution in [3.05, 3.63) is 34.6 Å². The first-order valence-corrected chi connectivity index (χ1v) is 7.27. The van der Waals surface area contributed by atoms with Crippen molar-refractivity contribution >= 4 is 5.91 Å². The molecule has 0 aliphatic rings. The third kappa shape index (κ3) is 4.03. The first kappa shape index (κ1) is 15.9. The number of hydrogen-bond acceptors (Lipinski definition) is 5. The molecule has 0 aliphatic carbocycles. The number of tetrazole rings is 1. The van der Waals surface area contributed by atoms with Crippen molar-refractivity contribution in [2.24, 2.45) is 0 Å². The number of hydrogen-bond donors (Lipinski definition) is 2. The summed E-state index contributed by atoms with van der Waals surface area (Å²) >= 11 is 0. The van der Waals surface area contributed by atoms with Crippen molar-refractivity contribution in [2.45, 2.75) is 33.1 Å². The Bertz CT molecular complexity index is 602. The van der Waals surface area contributed by atoms with Crippen LogP contribution in [0.2, 0.25) is 0 Å². The third-order valence-electron chi connectivity index (χ3n) is 3.43. The Morgan fingerprint density at radius 1 is 1.27 bits per heavy atom. The number of aromatic nitrogens is 4. The highest BCUT2D eigenvalue weighted by molar-refractivity contribution is 5.94. The fourth-order valence-electron chi connectivity index (χ4n) is 2.40. The van der Waals surface area contributed by atoms with Gasteiger partial charge in [0.05, 0.1) is 7.11 Å². The molecule has 0 saturated heterocycles. The highest BCUT2D eigenvalue weighted by atomic mass is 16.5. The molecule has 1 aromatic carbocycles. The quantitative estimate of drug-likeness (QED) is 0.758. The van der Waals surface area contributed by atoms with Gasteiger partial charge in [0.2, 0.25) is 0 Å². The molecule has 0 radical (unpaired) electrons. The Labute approximate surface area is 129 Å². The molecule has 118 valence electrons. The number of rotatable bonds is 7. The van der Waals surface area contributed by atoms with E-state index >= 15 is 0 Å². The topological polar surface area (TPSA) is 92.8 Å². The minimum atomic E-state index is -0.0617. The molecule has 0 bridgehead atoms. The molecule has 0 spiro atoms. The fraction of sp³-hybridized carbons (Fsp3) is 0.467. The normalized spacial score (nSPS) is 10.5. The van der Waals surface area contributed by atoms with Crippen LogP contribution in [0.25, 0.3) is 0 Å². The molecule has 0 saturated carbocycles. The zero-order valence-electron chi connectivity index (χ0n) is 13.1. The third-order valence-corrected chi connectivity index (χ3v) is 3.43. The van der Waals surface area contributed by atoms with E-state index in [1.54, 1.807) is 7.11 Å². The Morgan fingerprint density at radius 3 is 2.59 bits per heavy atom. The number of nitrogens with zero attached hydrogens (tertiary/aromatic N) is 3. The molecule has 0 fully saturated rings. The van der Waals surface area contributed by atoms with Crippen molar-refractivity contribution < 1.29 is 9.53 Å². The summed E-state index contributed by atoms with van der Waals surface area (Å²) in [5.41, 5.74) is 2.59. The van der Waals surface area contributed by atoms with Crippen LogP contribution in [-0.4, -0.2) is 40.2 Å². The van der Waals surface area contributed by atoms with Crippen molar-refractivity contribution in [1.82, 2.24) is 25.9 Å². The average molecular weight is 303 g/mol. The summed E-state index contributed by atoms with van der Waals surface area (Å²) in [7, 11) is 1.64. The summed E-state index contributed by atoms with van der Waals surface area (Å²) in [5.74, 6) is 1.47. The van der Waals surface area contributed by atoms with E-state index in [-0.39, 0.29) is 5.91 Å². The summed E-state index contributed by atoms with van der Waals surface area (Å²) in [6.45, 7) is 4.50. The lowest BCUT2D eigenvalue weighted by molar-refractivity contribution is 0.0953. The van der Waals surface area contributed by atoms with Crippen LogP contribution in [0.5, 0.6) is 5.75 Å². The molecule has 1 heterocycles. The smallest absolute Gasteiger partial charge is 0.251 e. The first-order chi connectivity index (χ1) is 10.6. The Balaban J connectivity index is 1.80. The van der Waals surface area contributed by atoms with Gasteiger partial charge in [-0.2, -0.15) is 5.21 Å². The summed E-state index contributed by atoms with van der Waals surface area (Å²) in [6.07, 6.45) is 2.53. The minimum Gasteiger partial charge on any atom is -0.496 e. The standard InChI is InChI=1S/C15H21N5O2/c1-10-8-12(9-11(2)14(10)22-3)15(21)16-7-5-4-6-13-17-19-20-18-13/h8-9H,4-7H2,1-3H3,(H,16,21)(H,17,18,19,20). The van der Waals surface area contributed by atoms with Gasteiger partial charge in [0.25, 0.3) is 5.91 Å². The van der Waals surface area contributed by atoms with Crippen LogP contribution in [0, 0.1) is 13.8 Å². The van der Waals surface area contributed by atoms with Gasteiger partial charge in [-0.05, 0) is 49.9 Å². The Morgan fingerprint density at radius 2 is 2.00 bits per heavy atom. The molecule has 7 nitrogen and oxygen atoms in total. The van der Waals surface area contributed by atoms with E-state index < -0.39 is 0 Å². The monoisotopic (exact) mass is 303 g/mol. The number of methoxy groups -OCH3 is 1. The van der Waals surface area contributed by atoms with Gasteiger partial charge in [-0.1, -0.05) is 5.21 Å². The van der Waals surface area contributed by atoms with Gasteiger partial charge in [-0.25, -0.2) is 0 Å². The van der Waals surface area contributed by atoms with Gasteiger partial charge < -0.3 is 10.1 Å². The van der Waals surface area contributed by atoms with Gasteiger partial charge in [0.15, 0.2) is 5.82 Å². The van der Waals surface area contributed by atoms with Crippen molar-refractivity contribution in [3.8, 4) is 5.75 Å². The van der Waals surface area contributed by atoms with Crippen molar-refractivity contribution in [2.75, 3.05) is 13.7 Å². The minimum absolute atomic E-state index is 0.0617. The molecule has 0 atom stereocenters. The number of H-pyrrole nitrogens is 1. The van der Waals surface area contributed by atoms with Gasteiger partial charge in [-0.3, -0.25) is 4.79 Å². The SMILES string of the molecule is COc1c(C)cc(C(=O)NCCCCc2nn[nH]n2)cc1C. The number of nitrogens with one attached hydrogen (secondary N) is 2. The summed E-state index contributed by atoms with van der Waals surface area (Å²) in [5, 5.41) is 16.6. The zero-order valence-corrected chi connectivity index (χ0v) is 13.1. The Hall–Kier alpha value is -2.44. The number of amides is 1. The van der Waals surface area contributed by atoms with Crippen molar-refractivity contribution in [3.63, 3.8) is 0 Å². The first-order valence-electron chi connectivity index (χ1n) is 7.27. The second kappa shape index (κ2) is 7.53. The van der Waals surface area contributed by atoms with E-state index in [1.165, 1.54) is 0 Å². The van der Waals surface area contributed by atoms with Crippen LogP contribution in [0.1, 0.15) is 40.2 Å². The highest BCUT2D eigenvalue weighted by Gasteiger charge is 2.10. The van der Waals surface area contributed by atoms with Crippen LogP contribution in [-0.2, 0) is 6.42 Å². The number of unbranched alkanes of at least 4 members (excludes halogenated alkanes) is 1. The van der Waals surface area contributed by atoms with Gasteiger partial charge in [0.1, 0.15) is 5.75 Å². The summed E-state index contributed by atoms with van der Waals surface area (Å²) < 4.78 is 5.31. The second-order valence-electron chi connectivity index (χ2n) is 5.18. The van der Waals surface area contributed by atoms with Crippen LogP contribution < -0.4 is 10.1 Å². The lowest BCUT2D eigenvalue weighted by Crippen LogP contribution is -2.24. The predicted octanol–water partition coefficient (Wildman–Crippen LogP) is 1.58. The van der Waals surface area contributed by atoms with Gasteiger partial charge in [-0.15, -0.1) is 10.2 Å². The molecule has 1 aromatic heterocycles. The highest BCUT2D eigenvalue weighted by Crippen LogP contribution is 2.24. The Kier molecular flexibility index (Phi) is 5.46. The van der Waals surface area contributed by atoms with Crippen LogP contribution in [0.15, 0.2) is 12.1 Å². The molecular formula is C15H21N5O2. The second-order valence-corrected chi connectivity index (χ2v) is 5.18. The van der Waals surface area contributed by atoms with Gasteiger partial charge in [0, 0.05) is 18.5 Å². The maximum Gasteiger partial charge on any atom is 0.251 e. The number of carbonyl (C=O) groups is 1.